The number of rotatable bonds is 3. The van der Waals surface area contributed by atoms with Crippen molar-refractivity contribution in [3.8, 4) is 6.07 Å². The second kappa shape index (κ2) is 5.55. The second-order valence-corrected chi connectivity index (χ2v) is 4.48. The van der Waals surface area contributed by atoms with Crippen LogP contribution in [0.1, 0.15) is 15.9 Å². The van der Waals surface area contributed by atoms with Crippen molar-refractivity contribution < 1.29 is 4.79 Å². The molecule has 0 aliphatic heterocycles. The number of carbonyl (C=O) groups excluding carboxylic acids is 1. The highest BCUT2D eigenvalue weighted by molar-refractivity contribution is 6.31. The summed E-state index contributed by atoms with van der Waals surface area (Å²) in [7, 11) is 1.85. The van der Waals surface area contributed by atoms with Gasteiger partial charge in [-0.2, -0.15) is 5.26 Å². The summed E-state index contributed by atoms with van der Waals surface area (Å²) in [4.78, 5) is 12.9. The van der Waals surface area contributed by atoms with Gasteiger partial charge in [0.25, 0.3) is 0 Å². The number of nitriles is 1. The molecule has 0 heterocycles. The fourth-order valence-corrected chi connectivity index (χ4v) is 1.97. The number of hydrogen-bond acceptors (Lipinski definition) is 3. The van der Waals surface area contributed by atoms with E-state index in [1.807, 2.05) is 24.1 Å². The SMILES string of the molecule is CN(c1ccc(C#N)cc1)c1cc(Cl)ccc1C=O. The molecule has 0 saturated heterocycles. The summed E-state index contributed by atoms with van der Waals surface area (Å²) in [6, 6.07) is 14.3. The predicted octanol–water partition coefficient (Wildman–Crippen LogP) is 3.79. The van der Waals surface area contributed by atoms with E-state index in [-0.39, 0.29) is 0 Å². The molecule has 19 heavy (non-hydrogen) atoms. The lowest BCUT2D eigenvalue weighted by atomic mass is 10.1. The van der Waals surface area contributed by atoms with E-state index in [1.165, 1.54) is 0 Å². The molecule has 2 aromatic carbocycles. The van der Waals surface area contributed by atoms with Crippen LogP contribution in [0.4, 0.5) is 11.4 Å². The maximum absolute atomic E-state index is 11.1. The number of nitrogens with zero attached hydrogens (tertiary/aromatic N) is 2. The molecule has 0 bridgehead atoms. The van der Waals surface area contributed by atoms with Gasteiger partial charge in [-0.15, -0.1) is 0 Å². The standard InChI is InChI=1S/C15H11ClN2O/c1-18(14-6-2-11(9-17)3-7-14)15-8-13(16)5-4-12(15)10-19/h2-8,10H,1H3. The second-order valence-electron chi connectivity index (χ2n) is 4.04. The molecule has 0 fully saturated rings. The molecule has 0 saturated carbocycles. The van der Waals surface area contributed by atoms with Gasteiger partial charge in [-0.1, -0.05) is 11.6 Å². The van der Waals surface area contributed by atoms with E-state index >= 15 is 0 Å². The van der Waals surface area contributed by atoms with Gasteiger partial charge >= 0.3 is 0 Å². The van der Waals surface area contributed by atoms with Crippen molar-refractivity contribution in [2.24, 2.45) is 0 Å². The molecule has 2 rings (SSSR count). The number of benzene rings is 2. The van der Waals surface area contributed by atoms with Crippen LogP contribution in [0.5, 0.6) is 0 Å². The molecular formula is C15H11ClN2O. The Labute approximate surface area is 116 Å². The van der Waals surface area contributed by atoms with Gasteiger partial charge in [-0.05, 0) is 42.5 Å². The van der Waals surface area contributed by atoms with Gasteiger partial charge in [0.05, 0.1) is 17.3 Å². The van der Waals surface area contributed by atoms with Crippen LogP contribution in [0.15, 0.2) is 42.5 Å². The summed E-state index contributed by atoms with van der Waals surface area (Å²) in [5.41, 5.74) is 2.77. The molecule has 0 unspecified atom stereocenters. The summed E-state index contributed by atoms with van der Waals surface area (Å²) in [6.45, 7) is 0. The molecule has 0 amide bonds. The van der Waals surface area contributed by atoms with Gasteiger partial charge in [-0.3, -0.25) is 4.79 Å². The molecular weight excluding hydrogens is 260 g/mol. The van der Waals surface area contributed by atoms with Crippen LogP contribution in [0.25, 0.3) is 0 Å². The lowest BCUT2D eigenvalue weighted by molar-refractivity contribution is 0.112. The van der Waals surface area contributed by atoms with E-state index in [9.17, 15) is 4.79 Å². The smallest absolute Gasteiger partial charge is 0.152 e. The monoisotopic (exact) mass is 270 g/mol. The van der Waals surface area contributed by atoms with Gasteiger partial charge in [0.2, 0.25) is 0 Å². The normalized spacial score (nSPS) is 9.74. The van der Waals surface area contributed by atoms with Crippen LogP contribution < -0.4 is 4.90 Å². The summed E-state index contributed by atoms with van der Waals surface area (Å²) < 4.78 is 0. The summed E-state index contributed by atoms with van der Waals surface area (Å²) in [6.07, 6.45) is 0.797. The van der Waals surface area contributed by atoms with E-state index < -0.39 is 0 Å². The lowest BCUT2D eigenvalue weighted by Gasteiger charge is -2.21. The van der Waals surface area contributed by atoms with Gasteiger partial charge in [0, 0.05) is 23.3 Å². The number of aldehydes is 1. The fourth-order valence-electron chi connectivity index (χ4n) is 1.81. The van der Waals surface area contributed by atoms with E-state index in [1.54, 1.807) is 30.3 Å². The van der Waals surface area contributed by atoms with E-state index in [0.717, 1.165) is 17.7 Å². The molecule has 2 aromatic rings. The Kier molecular flexibility index (Phi) is 3.84. The van der Waals surface area contributed by atoms with Crippen molar-refractivity contribution in [2.75, 3.05) is 11.9 Å². The first-order valence-electron chi connectivity index (χ1n) is 5.64. The molecule has 0 radical (unpaired) electrons. The zero-order chi connectivity index (χ0) is 13.8. The largest absolute Gasteiger partial charge is 0.344 e. The van der Waals surface area contributed by atoms with Crippen LogP contribution in [0.2, 0.25) is 5.02 Å². The summed E-state index contributed by atoms with van der Waals surface area (Å²) in [5, 5.41) is 9.35. The van der Waals surface area contributed by atoms with Crippen molar-refractivity contribution in [3.63, 3.8) is 0 Å². The Hall–Kier alpha value is -2.31. The van der Waals surface area contributed by atoms with Crippen molar-refractivity contribution >= 4 is 29.3 Å². The van der Waals surface area contributed by atoms with E-state index in [2.05, 4.69) is 6.07 Å². The zero-order valence-electron chi connectivity index (χ0n) is 10.3. The third-order valence-electron chi connectivity index (χ3n) is 2.86. The molecule has 0 aliphatic carbocycles. The Morgan fingerprint density at radius 3 is 2.47 bits per heavy atom. The average Bonchev–Trinajstić information content (AvgIpc) is 2.46. The van der Waals surface area contributed by atoms with Crippen LogP contribution in [0, 0.1) is 11.3 Å². The molecule has 0 aromatic heterocycles. The number of anilines is 2. The first-order chi connectivity index (χ1) is 9.15. The molecule has 94 valence electrons. The molecule has 4 heteroatoms. The molecule has 0 aliphatic rings. The maximum Gasteiger partial charge on any atom is 0.152 e. The Morgan fingerprint density at radius 1 is 1.21 bits per heavy atom. The Bertz CT molecular complexity index is 644. The minimum atomic E-state index is 0.566. The first kappa shape index (κ1) is 13.1. The van der Waals surface area contributed by atoms with Crippen molar-refractivity contribution in [1.82, 2.24) is 0 Å². The van der Waals surface area contributed by atoms with E-state index in [0.29, 0.717) is 16.1 Å². The van der Waals surface area contributed by atoms with Crippen LogP contribution in [-0.2, 0) is 0 Å². The van der Waals surface area contributed by atoms with Crippen LogP contribution in [0.3, 0.4) is 0 Å². The number of carbonyl (C=O) groups is 1. The third-order valence-corrected chi connectivity index (χ3v) is 3.10. The Balaban J connectivity index is 2.43. The fraction of sp³-hybridized carbons (Fsp3) is 0.0667. The highest BCUT2D eigenvalue weighted by Crippen LogP contribution is 2.29. The maximum atomic E-state index is 11.1. The van der Waals surface area contributed by atoms with Crippen LogP contribution in [-0.4, -0.2) is 13.3 Å². The van der Waals surface area contributed by atoms with Gasteiger partial charge in [-0.25, -0.2) is 0 Å². The van der Waals surface area contributed by atoms with Crippen molar-refractivity contribution in [3.05, 3.63) is 58.6 Å². The first-order valence-corrected chi connectivity index (χ1v) is 6.02. The molecule has 0 atom stereocenters. The zero-order valence-corrected chi connectivity index (χ0v) is 11.1. The Morgan fingerprint density at radius 2 is 1.89 bits per heavy atom. The number of halogens is 1. The topological polar surface area (TPSA) is 44.1 Å². The highest BCUT2D eigenvalue weighted by Gasteiger charge is 2.09. The molecule has 0 N–H and O–H groups in total. The molecule has 3 nitrogen and oxygen atoms in total. The van der Waals surface area contributed by atoms with Gasteiger partial charge < -0.3 is 4.90 Å². The number of hydrogen-bond donors (Lipinski definition) is 0. The van der Waals surface area contributed by atoms with E-state index in [4.69, 9.17) is 16.9 Å². The van der Waals surface area contributed by atoms with Crippen molar-refractivity contribution in [2.45, 2.75) is 0 Å². The lowest BCUT2D eigenvalue weighted by Crippen LogP contribution is -2.11. The van der Waals surface area contributed by atoms with Gasteiger partial charge in [0.15, 0.2) is 6.29 Å². The summed E-state index contributed by atoms with van der Waals surface area (Å²) in [5.74, 6) is 0. The minimum absolute atomic E-state index is 0.566. The van der Waals surface area contributed by atoms with Crippen LogP contribution >= 0.6 is 11.6 Å². The van der Waals surface area contributed by atoms with Crippen molar-refractivity contribution in [1.29, 1.82) is 5.26 Å². The average molecular weight is 271 g/mol. The minimum Gasteiger partial charge on any atom is -0.344 e. The quantitative estimate of drug-likeness (QED) is 0.797. The summed E-state index contributed by atoms with van der Waals surface area (Å²) >= 11 is 5.97. The predicted molar refractivity (Wildman–Crippen MR) is 76.1 cm³/mol. The highest BCUT2D eigenvalue weighted by atomic mass is 35.5. The van der Waals surface area contributed by atoms with Gasteiger partial charge in [0.1, 0.15) is 0 Å². The third kappa shape index (κ3) is 2.75. The molecule has 0 spiro atoms.